The summed E-state index contributed by atoms with van der Waals surface area (Å²) < 4.78 is 24.9. The molecule has 0 radical (unpaired) electrons. The van der Waals surface area contributed by atoms with Crippen LogP contribution in [0.4, 0.5) is 5.69 Å². The van der Waals surface area contributed by atoms with E-state index in [0.717, 1.165) is 23.2 Å². The number of carbonyl (C=O) groups is 1. The molecule has 0 unspecified atom stereocenters. The number of hydrogen-bond acceptors (Lipinski definition) is 4. The van der Waals surface area contributed by atoms with Gasteiger partial charge in [-0.1, -0.05) is 48.5 Å². The Morgan fingerprint density at radius 2 is 1.67 bits per heavy atom. The standard InChI is InChI=1S/C20H25N3O3S/c1-27(25,26)23-13-7-12-22(14-15-23)16-20(24)21-19-11-6-5-10-18(19)17-8-3-2-4-9-17/h2-6,8-11H,7,12-16H2,1H3,(H,21,24). The summed E-state index contributed by atoms with van der Waals surface area (Å²) in [6.07, 6.45) is 1.96. The number of anilines is 1. The van der Waals surface area contributed by atoms with E-state index in [0.29, 0.717) is 26.2 Å². The zero-order valence-electron chi connectivity index (χ0n) is 15.5. The Balaban J connectivity index is 1.64. The second-order valence-electron chi connectivity index (χ2n) is 6.75. The second kappa shape index (κ2) is 8.65. The van der Waals surface area contributed by atoms with Crippen LogP contribution in [0.1, 0.15) is 6.42 Å². The van der Waals surface area contributed by atoms with Crippen molar-refractivity contribution in [2.75, 3.05) is 44.3 Å². The normalized spacial score (nSPS) is 16.6. The van der Waals surface area contributed by atoms with Crippen LogP contribution in [0.3, 0.4) is 0 Å². The summed E-state index contributed by atoms with van der Waals surface area (Å²) in [5.41, 5.74) is 2.80. The third-order valence-electron chi connectivity index (χ3n) is 4.67. The summed E-state index contributed by atoms with van der Waals surface area (Å²) in [6.45, 7) is 2.45. The number of nitrogens with one attached hydrogen (secondary N) is 1. The molecule has 1 aliphatic rings. The Morgan fingerprint density at radius 3 is 2.41 bits per heavy atom. The lowest BCUT2D eigenvalue weighted by Crippen LogP contribution is -2.37. The van der Waals surface area contributed by atoms with Crippen molar-refractivity contribution in [3.63, 3.8) is 0 Å². The molecule has 0 aliphatic carbocycles. The Morgan fingerprint density at radius 1 is 0.963 bits per heavy atom. The van der Waals surface area contributed by atoms with Gasteiger partial charge in [0.2, 0.25) is 15.9 Å². The van der Waals surface area contributed by atoms with E-state index >= 15 is 0 Å². The van der Waals surface area contributed by atoms with Crippen LogP contribution in [0.25, 0.3) is 11.1 Å². The van der Waals surface area contributed by atoms with E-state index in [4.69, 9.17) is 0 Å². The number of benzene rings is 2. The van der Waals surface area contributed by atoms with Crippen molar-refractivity contribution < 1.29 is 13.2 Å². The van der Waals surface area contributed by atoms with E-state index in [9.17, 15) is 13.2 Å². The predicted octanol–water partition coefficient (Wildman–Crippen LogP) is 2.26. The fourth-order valence-corrected chi connectivity index (χ4v) is 4.17. The molecule has 0 aromatic heterocycles. The van der Waals surface area contributed by atoms with Gasteiger partial charge >= 0.3 is 0 Å². The third kappa shape index (κ3) is 5.38. The van der Waals surface area contributed by atoms with Crippen molar-refractivity contribution in [2.45, 2.75) is 6.42 Å². The molecule has 1 aliphatic heterocycles. The average Bonchev–Trinajstić information content (AvgIpc) is 2.88. The van der Waals surface area contributed by atoms with Gasteiger partial charge in [-0.3, -0.25) is 9.69 Å². The average molecular weight is 388 g/mol. The van der Waals surface area contributed by atoms with Crippen molar-refractivity contribution in [1.29, 1.82) is 0 Å². The highest BCUT2D eigenvalue weighted by Crippen LogP contribution is 2.27. The van der Waals surface area contributed by atoms with Crippen LogP contribution in [0.5, 0.6) is 0 Å². The van der Waals surface area contributed by atoms with Gasteiger partial charge in [0.15, 0.2) is 0 Å². The summed E-state index contributed by atoms with van der Waals surface area (Å²) in [7, 11) is -3.18. The van der Waals surface area contributed by atoms with Gasteiger partial charge in [0.05, 0.1) is 12.8 Å². The number of rotatable bonds is 5. The largest absolute Gasteiger partial charge is 0.324 e. The zero-order valence-corrected chi connectivity index (χ0v) is 16.3. The highest BCUT2D eigenvalue weighted by molar-refractivity contribution is 7.88. The fourth-order valence-electron chi connectivity index (χ4n) is 3.29. The molecule has 6 nitrogen and oxygen atoms in total. The van der Waals surface area contributed by atoms with Crippen molar-refractivity contribution in [1.82, 2.24) is 9.21 Å². The molecule has 1 N–H and O–H groups in total. The Hall–Kier alpha value is -2.22. The zero-order chi connectivity index (χ0) is 19.3. The van der Waals surface area contributed by atoms with Gasteiger partial charge in [0.1, 0.15) is 0 Å². The molecule has 2 aromatic rings. The number of para-hydroxylation sites is 1. The molecule has 1 saturated heterocycles. The van der Waals surface area contributed by atoms with E-state index in [1.807, 2.05) is 59.5 Å². The molecule has 0 bridgehead atoms. The lowest BCUT2D eigenvalue weighted by molar-refractivity contribution is -0.117. The topological polar surface area (TPSA) is 69.7 Å². The fraction of sp³-hybridized carbons (Fsp3) is 0.350. The molecule has 0 spiro atoms. The van der Waals surface area contributed by atoms with Crippen molar-refractivity contribution in [2.24, 2.45) is 0 Å². The minimum Gasteiger partial charge on any atom is -0.324 e. The lowest BCUT2D eigenvalue weighted by atomic mass is 10.0. The molecular formula is C20H25N3O3S. The molecule has 144 valence electrons. The van der Waals surface area contributed by atoms with Gasteiger partial charge in [-0.2, -0.15) is 0 Å². The molecule has 0 saturated carbocycles. The van der Waals surface area contributed by atoms with Gasteiger partial charge in [-0.05, 0) is 24.6 Å². The number of nitrogens with zero attached hydrogens (tertiary/aromatic N) is 2. The first-order valence-corrected chi connectivity index (χ1v) is 10.9. The number of carbonyl (C=O) groups excluding carboxylic acids is 1. The van der Waals surface area contributed by atoms with Gasteiger partial charge < -0.3 is 5.32 Å². The maximum absolute atomic E-state index is 12.6. The molecule has 2 aromatic carbocycles. The van der Waals surface area contributed by atoms with Crippen LogP contribution < -0.4 is 5.32 Å². The van der Waals surface area contributed by atoms with E-state index < -0.39 is 10.0 Å². The van der Waals surface area contributed by atoms with E-state index in [1.54, 1.807) is 0 Å². The van der Waals surface area contributed by atoms with E-state index in [-0.39, 0.29) is 12.5 Å². The minimum atomic E-state index is -3.18. The van der Waals surface area contributed by atoms with Crippen LogP contribution in [0.2, 0.25) is 0 Å². The first-order valence-electron chi connectivity index (χ1n) is 9.05. The lowest BCUT2D eigenvalue weighted by Gasteiger charge is -2.20. The number of sulfonamides is 1. The van der Waals surface area contributed by atoms with Gasteiger partial charge in [0.25, 0.3) is 0 Å². The van der Waals surface area contributed by atoms with Gasteiger partial charge in [0, 0.05) is 30.9 Å². The predicted molar refractivity (Wildman–Crippen MR) is 108 cm³/mol. The second-order valence-corrected chi connectivity index (χ2v) is 8.73. The quantitative estimate of drug-likeness (QED) is 0.854. The molecule has 3 rings (SSSR count). The first-order chi connectivity index (χ1) is 12.9. The summed E-state index contributed by atoms with van der Waals surface area (Å²) >= 11 is 0. The van der Waals surface area contributed by atoms with Crippen molar-refractivity contribution in [3.05, 3.63) is 54.6 Å². The van der Waals surface area contributed by atoms with E-state index in [2.05, 4.69) is 5.32 Å². The van der Waals surface area contributed by atoms with Crippen LogP contribution in [-0.4, -0.2) is 62.5 Å². The number of amides is 1. The summed E-state index contributed by atoms with van der Waals surface area (Å²) in [5.74, 6) is -0.0915. The Labute approximate surface area is 160 Å². The smallest absolute Gasteiger partial charge is 0.238 e. The summed E-state index contributed by atoms with van der Waals surface area (Å²) in [4.78, 5) is 14.6. The number of hydrogen-bond donors (Lipinski definition) is 1. The molecule has 27 heavy (non-hydrogen) atoms. The highest BCUT2D eigenvalue weighted by Gasteiger charge is 2.22. The molecule has 1 fully saturated rings. The monoisotopic (exact) mass is 387 g/mol. The Bertz CT molecular complexity index is 884. The van der Waals surface area contributed by atoms with Gasteiger partial charge in [-0.15, -0.1) is 0 Å². The van der Waals surface area contributed by atoms with Crippen LogP contribution in [0, 0.1) is 0 Å². The minimum absolute atomic E-state index is 0.0915. The summed E-state index contributed by atoms with van der Waals surface area (Å²) in [5, 5.41) is 3.01. The highest BCUT2D eigenvalue weighted by atomic mass is 32.2. The van der Waals surface area contributed by atoms with E-state index in [1.165, 1.54) is 10.6 Å². The van der Waals surface area contributed by atoms with Crippen molar-refractivity contribution >= 4 is 21.6 Å². The molecule has 7 heteroatoms. The van der Waals surface area contributed by atoms with Crippen LogP contribution in [-0.2, 0) is 14.8 Å². The SMILES string of the molecule is CS(=O)(=O)N1CCCN(CC(=O)Nc2ccccc2-c2ccccc2)CC1. The van der Waals surface area contributed by atoms with Gasteiger partial charge in [-0.25, -0.2) is 12.7 Å². The third-order valence-corrected chi connectivity index (χ3v) is 5.97. The molecule has 1 heterocycles. The first kappa shape index (κ1) is 19.5. The van der Waals surface area contributed by atoms with Crippen LogP contribution >= 0.6 is 0 Å². The Kier molecular flexibility index (Phi) is 6.26. The van der Waals surface area contributed by atoms with Crippen LogP contribution in [0.15, 0.2) is 54.6 Å². The maximum atomic E-state index is 12.6. The maximum Gasteiger partial charge on any atom is 0.238 e. The molecular weight excluding hydrogens is 362 g/mol. The van der Waals surface area contributed by atoms with Crippen molar-refractivity contribution in [3.8, 4) is 11.1 Å². The summed E-state index contributed by atoms with van der Waals surface area (Å²) in [6, 6.07) is 17.7. The molecule has 0 atom stereocenters. The molecule has 1 amide bonds.